The smallest absolute Gasteiger partial charge is 0.328 e. The largest absolute Gasteiger partial charge is 0.478 e. The highest BCUT2D eigenvalue weighted by Crippen LogP contribution is 1.85. The molecule has 1 aliphatic rings. The lowest BCUT2D eigenvalue weighted by Gasteiger charge is -2.09. The lowest BCUT2D eigenvalue weighted by atomic mass is 10.5. The van der Waals surface area contributed by atoms with Crippen molar-refractivity contribution >= 4 is 11.9 Å². The molecule has 80 valence electrons. The second kappa shape index (κ2) is 8.21. The Labute approximate surface area is 80.7 Å². The average Bonchev–Trinajstić information content (AvgIpc) is 2.18. The van der Waals surface area contributed by atoms with Crippen molar-refractivity contribution in [3.05, 3.63) is 12.2 Å². The number of rotatable bonds is 2. The molecule has 0 spiro atoms. The topological polar surface area (TPSA) is 93.1 Å². The molecule has 1 saturated heterocycles. The summed E-state index contributed by atoms with van der Waals surface area (Å²) < 4.78 is 9.89. The number of hydrogen-bond acceptors (Lipinski definition) is 4. The van der Waals surface area contributed by atoms with E-state index in [2.05, 4.69) is 0 Å². The third kappa shape index (κ3) is 10.6. The number of carbonyl (C=O) groups is 2. The van der Waals surface area contributed by atoms with Gasteiger partial charge in [-0.25, -0.2) is 9.59 Å². The van der Waals surface area contributed by atoms with Gasteiger partial charge in [0.05, 0.1) is 26.4 Å². The molecular weight excluding hydrogens is 192 g/mol. The molecule has 6 heteroatoms. The van der Waals surface area contributed by atoms with Crippen LogP contribution in [-0.4, -0.2) is 48.6 Å². The summed E-state index contributed by atoms with van der Waals surface area (Å²) in [6.45, 7) is 3.11. The highest BCUT2D eigenvalue weighted by atomic mass is 16.6. The van der Waals surface area contributed by atoms with Gasteiger partial charge in [0, 0.05) is 12.2 Å². The summed E-state index contributed by atoms with van der Waals surface area (Å²) in [5, 5.41) is 15.6. The molecule has 1 aliphatic heterocycles. The summed E-state index contributed by atoms with van der Waals surface area (Å²) in [6, 6.07) is 0. The van der Waals surface area contributed by atoms with E-state index in [1.54, 1.807) is 0 Å². The normalized spacial score (nSPS) is 15.7. The average molecular weight is 204 g/mol. The molecule has 0 aromatic rings. The minimum Gasteiger partial charge on any atom is -0.478 e. The standard InChI is InChI=1S/C4H4O4.C4H8O2/c5-3(6)1-2-4(7)8;1-2-6-4-3-5-1/h1-2H,(H,5,6)(H,7,8);1-4H2/b2-1-;. The number of carboxylic acids is 2. The van der Waals surface area contributed by atoms with E-state index >= 15 is 0 Å². The summed E-state index contributed by atoms with van der Waals surface area (Å²) in [6.07, 6.45) is 1.12. The van der Waals surface area contributed by atoms with Crippen molar-refractivity contribution in [2.24, 2.45) is 0 Å². The van der Waals surface area contributed by atoms with Gasteiger partial charge in [0.15, 0.2) is 0 Å². The van der Waals surface area contributed by atoms with Gasteiger partial charge in [-0.3, -0.25) is 0 Å². The molecule has 0 atom stereocenters. The van der Waals surface area contributed by atoms with Gasteiger partial charge in [-0.2, -0.15) is 0 Å². The summed E-state index contributed by atoms with van der Waals surface area (Å²) in [7, 11) is 0. The van der Waals surface area contributed by atoms with Gasteiger partial charge in [-0.05, 0) is 0 Å². The molecule has 0 amide bonds. The van der Waals surface area contributed by atoms with E-state index in [0.717, 1.165) is 26.4 Å². The molecule has 0 saturated carbocycles. The van der Waals surface area contributed by atoms with E-state index < -0.39 is 11.9 Å². The fourth-order valence-corrected chi connectivity index (χ4v) is 0.582. The fraction of sp³-hybridized carbons (Fsp3) is 0.500. The van der Waals surface area contributed by atoms with Crippen LogP contribution in [0.4, 0.5) is 0 Å². The van der Waals surface area contributed by atoms with Crippen LogP contribution in [-0.2, 0) is 19.1 Å². The number of ether oxygens (including phenoxy) is 2. The molecule has 14 heavy (non-hydrogen) atoms. The third-order valence-electron chi connectivity index (χ3n) is 1.11. The zero-order valence-corrected chi connectivity index (χ0v) is 7.51. The highest BCUT2D eigenvalue weighted by Gasteiger charge is 1.94. The minimum absolute atomic E-state index is 0.558. The zero-order valence-electron chi connectivity index (χ0n) is 7.51. The van der Waals surface area contributed by atoms with Crippen LogP contribution in [0.2, 0.25) is 0 Å². The Balaban J connectivity index is 0.000000249. The van der Waals surface area contributed by atoms with E-state index in [4.69, 9.17) is 19.7 Å². The van der Waals surface area contributed by atoms with Crippen molar-refractivity contribution in [1.82, 2.24) is 0 Å². The third-order valence-corrected chi connectivity index (χ3v) is 1.11. The molecule has 1 heterocycles. The van der Waals surface area contributed by atoms with Gasteiger partial charge in [0.25, 0.3) is 0 Å². The van der Waals surface area contributed by atoms with Crippen LogP contribution in [0.3, 0.4) is 0 Å². The Morgan fingerprint density at radius 1 is 0.857 bits per heavy atom. The van der Waals surface area contributed by atoms with Crippen LogP contribution in [0.1, 0.15) is 0 Å². The number of carboxylic acid groups (broad SMARTS) is 2. The highest BCUT2D eigenvalue weighted by molar-refractivity contribution is 5.89. The van der Waals surface area contributed by atoms with Crippen LogP contribution in [0.25, 0.3) is 0 Å². The predicted octanol–water partition coefficient (Wildman–Crippen LogP) is -0.255. The molecule has 0 radical (unpaired) electrons. The summed E-state index contributed by atoms with van der Waals surface area (Å²) >= 11 is 0. The molecule has 1 fully saturated rings. The first-order valence-corrected chi connectivity index (χ1v) is 3.92. The van der Waals surface area contributed by atoms with E-state index in [0.29, 0.717) is 12.2 Å². The lowest BCUT2D eigenvalue weighted by Crippen LogP contribution is -2.16. The second-order valence-electron chi connectivity index (χ2n) is 2.23. The molecule has 0 unspecified atom stereocenters. The zero-order chi connectivity index (χ0) is 10.8. The Hall–Kier alpha value is -1.40. The number of hydrogen-bond donors (Lipinski definition) is 2. The Kier molecular flexibility index (Phi) is 7.39. The molecule has 0 aromatic heterocycles. The Bertz CT molecular complexity index is 178. The van der Waals surface area contributed by atoms with E-state index in [1.165, 1.54) is 0 Å². The van der Waals surface area contributed by atoms with Crippen molar-refractivity contribution in [2.75, 3.05) is 26.4 Å². The molecule has 1 rings (SSSR count). The first kappa shape index (κ1) is 12.6. The predicted molar refractivity (Wildman–Crippen MR) is 46.0 cm³/mol. The van der Waals surface area contributed by atoms with Gasteiger partial charge in [0.1, 0.15) is 0 Å². The van der Waals surface area contributed by atoms with Crippen molar-refractivity contribution < 1.29 is 29.3 Å². The van der Waals surface area contributed by atoms with Crippen molar-refractivity contribution in [2.45, 2.75) is 0 Å². The lowest BCUT2D eigenvalue weighted by molar-refractivity contribution is -0.134. The van der Waals surface area contributed by atoms with Crippen LogP contribution in [0, 0.1) is 0 Å². The summed E-state index contributed by atoms with van der Waals surface area (Å²) in [5.74, 6) is -2.51. The van der Waals surface area contributed by atoms with E-state index in [9.17, 15) is 9.59 Å². The fourth-order valence-electron chi connectivity index (χ4n) is 0.582. The van der Waals surface area contributed by atoms with Crippen LogP contribution in [0.5, 0.6) is 0 Å². The maximum atomic E-state index is 9.55. The van der Waals surface area contributed by atoms with Crippen LogP contribution >= 0.6 is 0 Å². The maximum absolute atomic E-state index is 9.55. The minimum atomic E-state index is -1.26. The van der Waals surface area contributed by atoms with Crippen LogP contribution < -0.4 is 0 Å². The monoisotopic (exact) mass is 204 g/mol. The molecule has 2 N–H and O–H groups in total. The van der Waals surface area contributed by atoms with Gasteiger partial charge < -0.3 is 19.7 Å². The molecule has 0 aromatic carbocycles. The van der Waals surface area contributed by atoms with E-state index in [-0.39, 0.29) is 0 Å². The first-order valence-electron chi connectivity index (χ1n) is 3.92. The van der Waals surface area contributed by atoms with Crippen molar-refractivity contribution in [1.29, 1.82) is 0 Å². The van der Waals surface area contributed by atoms with Crippen molar-refractivity contribution in [3.63, 3.8) is 0 Å². The van der Waals surface area contributed by atoms with Crippen molar-refractivity contribution in [3.8, 4) is 0 Å². The molecule has 6 nitrogen and oxygen atoms in total. The van der Waals surface area contributed by atoms with E-state index in [1.807, 2.05) is 0 Å². The maximum Gasteiger partial charge on any atom is 0.328 e. The van der Waals surface area contributed by atoms with Gasteiger partial charge in [-0.15, -0.1) is 0 Å². The quantitative estimate of drug-likeness (QED) is 0.602. The summed E-state index contributed by atoms with van der Waals surface area (Å²) in [4.78, 5) is 19.1. The second-order valence-corrected chi connectivity index (χ2v) is 2.23. The first-order chi connectivity index (χ1) is 6.63. The molecule has 0 aliphatic carbocycles. The van der Waals surface area contributed by atoms with Crippen LogP contribution in [0.15, 0.2) is 12.2 Å². The molecule has 0 bridgehead atoms. The Morgan fingerprint density at radius 3 is 1.29 bits per heavy atom. The Morgan fingerprint density at radius 2 is 1.14 bits per heavy atom. The molecular formula is C8H12O6. The summed E-state index contributed by atoms with van der Waals surface area (Å²) in [5.41, 5.74) is 0. The van der Waals surface area contributed by atoms with Gasteiger partial charge in [0.2, 0.25) is 0 Å². The van der Waals surface area contributed by atoms with Gasteiger partial charge >= 0.3 is 11.9 Å². The number of aliphatic carboxylic acids is 2. The SMILES string of the molecule is C1COCCO1.O=C(O)/C=C\C(=O)O. The van der Waals surface area contributed by atoms with Gasteiger partial charge in [-0.1, -0.05) is 0 Å².